The van der Waals surface area contributed by atoms with Gasteiger partial charge in [-0.15, -0.1) is 0 Å². The van der Waals surface area contributed by atoms with Gasteiger partial charge < -0.3 is 9.13 Å². The quantitative estimate of drug-likeness (QED) is 0.157. The molecule has 0 fully saturated rings. The maximum atomic E-state index is 16.3. The molecule has 0 unspecified atom stereocenters. The highest BCUT2D eigenvalue weighted by atomic mass is 19.4. The zero-order chi connectivity index (χ0) is 52.2. The number of halogens is 3. The lowest BCUT2D eigenvalue weighted by Crippen LogP contribution is -2.12. The number of alkyl halides is 3. The lowest BCUT2D eigenvalue weighted by atomic mass is 9.95. The topological polar surface area (TPSA) is 129 Å². The van der Waals surface area contributed by atoms with Crippen LogP contribution in [0.1, 0.15) is 33.4 Å². The molecule has 12 aromatic rings. The van der Waals surface area contributed by atoms with Crippen molar-refractivity contribution in [2.75, 3.05) is 0 Å². The van der Waals surface area contributed by atoms with Gasteiger partial charge in [0.2, 0.25) is 0 Å². The molecule has 0 atom stereocenters. The Morgan fingerprint density at radius 3 is 0.895 bits per heavy atom. The van der Waals surface area contributed by atoms with Gasteiger partial charge in [0, 0.05) is 21.5 Å². The maximum Gasteiger partial charge on any atom is 0.417 e. The minimum atomic E-state index is -4.89. The van der Waals surface area contributed by atoms with Crippen LogP contribution >= 0.6 is 0 Å². The summed E-state index contributed by atoms with van der Waals surface area (Å²) < 4.78 is 52.7. The number of rotatable bonds is 7. The van der Waals surface area contributed by atoms with Gasteiger partial charge in [0.1, 0.15) is 0 Å². The first-order chi connectivity index (χ1) is 37.0. The van der Waals surface area contributed by atoms with Gasteiger partial charge >= 0.3 is 6.18 Å². The van der Waals surface area contributed by atoms with E-state index in [-0.39, 0.29) is 22.4 Å². The Labute approximate surface area is 433 Å². The second kappa shape index (κ2) is 18.3. The molecule has 12 rings (SSSR count). The van der Waals surface area contributed by atoms with Crippen LogP contribution in [0.3, 0.4) is 0 Å². The van der Waals surface area contributed by atoms with Crippen molar-refractivity contribution >= 4 is 43.6 Å². The Hall–Kier alpha value is -11.0. The van der Waals surface area contributed by atoms with Crippen molar-refractivity contribution in [3.05, 3.63) is 240 Å². The Balaban J connectivity index is 1.26. The number of fused-ring (bicyclic) bond motifs is 6. The monoisotopic (exact) mass is 981 g/mol. The van der Waals surface area contributed by atoms with Crippen LogP contribution in [0.2, 0.25) is 0 Å². The van der Waals surface area contributed by atoms with Gasteiger partial charge in [-0.05, 0) is 153 Å². The first kappa shape index (κ1) is 46.1. The summed E-state index contributed by atoms with van der Waals surface area (Å²) in [6, 6.07) is 72.5. The molecular weight excluding hydrogens is 948 g/mol. The summed E-state index contributed by atoms with van der Waals surface area (Å²) in [6.07, 6.45) is -4.89. The van der Waals surface area contributed by atoms with E-state index in [1.54, 1.807) is 72.8 Å². The zero-order valence-electron chi connectivity index (χ0n) is 39.9. The smallest absolute Gasteiger partial charge is 0.307 e. The third kappa shape index (κ3) is 7.92. The number of hydrogen-bond donors (Lipinski definition) is 0. The second-order valence-electron chi connectivity index (χ2n) is 18.4. The molecule has 0 aliphatic rings. The molecule has 0 radical (unpaired) electrons. The third-order valence-corrected chi connectivity index (χ3v) is 14.1. The maximum absolute atomic E-state index is 16.3. The Kier molecular flexibility index (Phi) is 11.1. The first-order valence-corrected chi connectivity index (χ1v) is 24.0. The van der Waals surface area contributed by atoms with Crippen LogP contribution in [0.5, 0.6) is 0 Å². The Bertz CT molecular complexity index is 4360. The average molecular weight is 982 g/mol. The van der Waals surface area contributed by atoms with Crippen LogP contribution < -0.4 is 0 Å². The van der Waals surface area contributed by atoms with E-state index in [1.165, 1.54) is 12.1 Å². The van der Waals surface area contributed by atoms with Crippen molar-refractivity contribution in [1.29, 1.82) is 26.3 Å². The van der Waals surface area contributed by atoms with E-state index < -0.39 is 11.7 Å². The summed E-state index contributed by atoms with van der Waals surface area (Å²) in [7, 11) is 0. The van der Waals surface area contributed by atoms with Crippen molar-refractivity contribution < 1.29 is 13.2 Å². The normalized spacial score (nSPS) is 11.3. The molecule has 2 aromatic heterocycles. The molecule has 0 saturated heterocycles. The van der Waals surface area contributed by atoms with Gasteiger partial charge in [0.15, 0.2) is 0 Å². The number of hydrogen-bond acceptors (Lipinski definition) is 5. The van der Waals surface area contributed by atoms with Crippen molar-refractivity contribution in [3.8, 4) is 97.4 Å². The van der Waals surface area contributed by atoms with E-state index >= 15 is 13.2 Å². The molecule has 7 nitrogen and oxygen atoms in total. The molecule has 10 heteroatoms. The third-order valence-electron chi connectivity index (χ3n) is 14.1. The highest BCUT2D eigenvalue weighted by Gasteiger charge is 2.36. The van der Waals surface area contributed by atoms with E-state index in [0.29, 0.717) is 50.0 Å². The lowest BCUT2D eigenvalue weighted by Gasteiger charge is -2.22. The van der Waals surface area contributed by atoms with Gasteiger partial charge in [-0.25, -0.2) is 0 Å². The van der Waals surface area contributed by atoms with Crippen molar-refractivity contribution in [2.24, 2.45) is 0 Å². The zero-order valence-corrected chi connectivity index (χ0v) is 39.9. The number of aromatic nitrogens is 2. The first-order valence-electron chi connectivity index (χ1n) is 24.0. The van der Waals surface area contributed by atoms with E-state index in [4.69, 9.17) is 0 Å². The molecule has 0 saturated carbocycles. The van der Waals surface area contributed by atoms with Gasteiger partial charge in [-0.1, -0.05) is 109 Å². The summed E-state index contributed by atoms with van der Waals surface area (Å²) in [4.78, 5) is 0. The van der Waals surface area contributed by atoms with E-state index in [0.717, 1.165) is 66.1 Å². The molecule has 354 valence electrons. The molecular formula is C66H34F3N7. The molecule has 76 heavy (non-hydrogen) atoms. The van der Waals surface area contributed by atoms with Gasteiger partial charge in [-0.3, -0.25) is 0 Å². The van der Waals surface area contributed by atoms with Crippen LogP contribution in [0, 0.1) is 56.7 Å². The largest absolute Gasteiger partial charge is 0.417 e. The van der Waals surface area contributed by atoms with Crippen LogP contribution in [-0.4, -0.2) is 9.13 Å². The van der Waals surface area contributed by atoms with Gasteiger partial charge in [-0.2, -0.15) is 39.5 Å². The molecule has 2 heterocycles. The van der Waals surface area contributed by atoms with Crippen molar-refractivity contribution in [3.63, 3.8) is 0 Å². The summed E-state index contributed by atoms with van der Waals surface area (Å²) in [6.45, 7) is 0. The lowest BCUT2D eigenvalue weighted by molar-refractivity contribution is -0.137. The molecule has 0 spiro atoms. The fraction of sp³-hybridized carbons (Fsp3) is 0.0152. The molecule has 0 aliphatic heterocycles. The predicted molar refractivity (Wildman–Crippen MR) is 291 cm³/mol. The molecule has 10 aromatic carbocycles. The minimum absolute atomic E-state index is 0.137. The summed E-state index contributed by atoms with van der Waals surface area (Å²) >= 11 is 0. The van der Waals surface area contributed by atoms with E-state index in [2.05, 4.69) is 30.3 Å². The molecule has 0 N–H and O–H groups in total. The Morgan fingerprint density at radius 1 is 0.289 bits per heavy atom. The standard InChI is InChI=1S/C66H34F3N7/c67-66(68,69)59-34-65(76-62-31-51(47-16-8-42(37-72)9-17-47)22-26-56(62)57-27-23-52(32-63(57)76)48-18-10-43(38-73)11-19-48)64(33-58(59)53-3-1-2-44(28-53)39-74)75-60-29-49(45-12-4-40(35-70)5-13-45)20-24-54(60)55-25-21-50(30-61(55)75)46-14-6-41(36-71)7-15-46/h1-34H. The summed E-state index contributed by atoms with van der Waals surface area (Å²) in [5, 5.41) is 51.9. The Morgan fingerprint density at radius 2 is 0.592 bits per heavy atom. The number of nitrogens with zero attached hydrogens (tertiary/aromatic N) is 7. The van der Waals surface area contributed by atoms with Crippen molar-refractivity contribution in [2.45, 2.75) is 6.18 Å². The van der Waals surface area contributed by atoms with Crippen LogP contribution in [-0.2, 0) is 6.18 Å². The summed E-state index contributed by atoms with van der Waals surface area (Å²) in [5.41, 5.74) is 10.9. The highest BCUT2D eigenvalue weighted by Crippen LogP contribution is 2.47. The number of nitriles is 5. The second-order valence-corrected chi connectivity index (χ2v) is 18.4. The minimum Gasteiger partial charge on any atom is -0.307 e. The molecule has 0 bridgehead atoms. The van der Waals surface area contributed by atoms with E-state index in [9.17, 15) is 26.3 Å². The average Bonchev–Trinajstić information content (AvgIpc) is 3.98. The molecule has 0 amide bonds. The fourth-order valence-corrected chi connectivity index (χ4v) is 10.4. The predicted octanol–water partition coefficient (Wildman–Crippen LogP) is 16.6. The number of benzene rings is 10. The molecule has 0 aliphatic carbocycles. The van der Waals surface area contributed by atoms with E-state index in [1.807, 2.05) is 130 Å². The van der Waals surface area contributed by atoms with Crippen LogP contribution in [0.25, 0.3) is 111 Å². The fourth-order valence-electron chi connectivity index (χ4n) is 10.4. The van der Waals surface area contributed by atoms with Crippen LogP contribution in [0.15, 0.2) is 206 Å². The summed E-state index contributed by atoms with van der Waals surface area (Å²) in [5.74, 6) is 0. The van der Waals surface area contributed by atoms with Gasteiger partial charge in [0.05, 0.1) is 97.2 Å². The van der Waals surface area contributed by atoms with Gasteiger partial charge in [0.25, 0.3) is 0 Å². The van der Waals surface area contributed by atoms with Crippen LogP contribution in [0.4, 0.5) is 13.2 Å². The SMILES string of the molecule is N#Cc1ccc(-c2ccc3c4ccc(-c5ccc(C#N)cc5)cc4n(-c4cc(-c5cccc(C#N)c5)c(C(F)(F)F)cc4-n4c5cc(-c6ccc(C#N)cc6)ccc5c5ccc(-c6ccc(C#N)cc6)cc54)c3c2)cc1. The van der Waals surface area contributed by atoms with Crippen molar-refractivity contribution in [1.82, 2.24) is 9.13 Å². The highest BCUT2D eigenvalue weighted by molar-refractivity contribution is 6.14.